The van der Waals surface area contributed by atoms with Crippen molar-refractivity contribution in [2.45, 2.75) is 39.2 Å². The van der Waals surface area contributed by atoms with Gasteiger partial charge in [-0.05, 0) is 18.8 Å². The maximum atomic E-state index is 11.9. The molecule has 106 valence electrons. The first kappa shape index (κ1) is 15.4. The monoisotopic (exact) mass is 278 g/mol. The number of nitrogens with one attached hydrogen (secondary N) is 1. The zero-order valence-electron chi connectivity index (χ0n) is 11.2. The summed E-state index contributed by atoms with van der Waals surface area (Å²) in [5.41, 5.74) is 2.34. The Labute approximate surface area is 109 Å². The van der Waals surface area contributed by atoms with Crippen molar-refractivity contribution in [3.8, 4) is 0 Å². The molecule has 1 fully saturated rings. The number of sulfonamides is 1. The van der Waals surface area contributed by atoms with Crippen molar-refractivity contribution in [1.29, 1.82) is 0 Å². The minimum absolute atomic E-state index is 0.308. The molecule has 1 saturated heterocycles. The first-order valence-electron chi connectivity index (χ1n) is 6.21. The number of hydrogen-bond acceptors (Lipinski definition) is 4. The smallest absolute Gasteiger partial charge is 0.261 e. The van der Waals surface area contributed by atoms with E-state index in [9.17, 15) is 13.2 Å². The molecule has 1 amide bonds. The summed E-state index contributed by atoms with van der Waals surface area (Å²) in [6.45, 7) is 4.75. The molecule has 0 bridgehead atoms. The van der Waals surface area contributed by atoms with E-state index in [0.29, 0.717) is 25.5 Å². The summed E-state index contributed by atoms with van der Waals surface area (Å²) < 4.78 is 24.4. The van der Waals surface area contributed by atoms with Crippen LogP contribution in [0.2, 0.25) is 0 Å². The lowest BCUT2D eigenvalue weighted by atomic mass is 10.0. The van der Waals surface area contributed by atoms with Gasteiger partial charge in [-0.25, -0.2) is 13.9 Å². The third-order valence-electron chi connectivity index (χ3n) is 2.77. The summed E-state index contributed by atoms with van der Waals surface area (Å²) in [5.74, 6) is -0.0663. The number of hydroxylamine groups is 1. The third-order valence-corrected chi connectivity index (χ3v) is 4.06. The molecule has 1 rings (SSSR count). The number of carbonyl (C=O) groups is 1. The van der Waals surface area contributed by atoms with Crippen LogP contribution in [0.1, 0.15) is 33.1 Å². The van der Waals surface area contributed by atoms with Gasteiger partial charge >= 0.3 is 0 Å². The predicted molar refractivity (Wildman–Crippen MR) is 68.1 cm³/mol. The van der Waals surface area contributed by atoms with E-state index in [4.69, 9.17) is 4.84 Å². The van der Waals surface area contributed by atoms with E-state index < -0.39 is 16.1 Å². The fourth-order valence-electron chi connectivity index (χ4n) is 1.91. The Morgan fingerprint density at radius 3 is 2.67 bits per heavy atom. The van der Waals surface area contributed by atoms with Crippen LogP contribution in [-0.2, 0) is 19.7 Å². The highest BCUT2D eigenvalue weighted by Crippen LogP contribution is 2.19. The van der Waals surface area contributed by atoms with Crippen molar-refractivity contribution in [2.24, 2.45) is 5.92 Å². The molecular formula is C11H22N2O4S. The Morgan fingerprint density at radius 2 is 2.11 bits per heavy atom. The summed E-state index contributed by atoms with van der Waals surface area (Å²) in [6.07, 6.45) is 3.33. The second-order valence-corrected chi connectivity index (χ2v) is 6.99. The van der Waals surface area contributed by atoms with Crippen molar-refractivity contribution < 1.29 is 18.0 Å². The van der Waals surface area contributed by atoms with Gasteiger partial charge in [0.05, 0.1) is 12.9 Å². The Hall–Kier alpha value is -0.660. The van der Waals surface area contributed by atoms with Crippen molar-refractivity contribution in [2.75, 3.05) is 19.4 Å². The van der Waals surface area contributed by atoms with Gasteiger partial charge in [0.15, 0.2) is 0 Å². The highest BCUT2D eigenvalue weighted by molar-refractivity contribution is 7.88. The number of nitrogens with zero attached hydrogens (tertiary/aromatic N) is 1. The van der Waals surface area contributed by atoms with E-state index in [-0.39, 0.29) is 5.91 Å². The molecule has 0 aliphatic carbocycles. The molecule has 7 heteroatoms. The molecule has 0 saturated carbocycles. The molecule has 1 unspecified atom stereocenters. The molecule has 18 heavy (non-hydrogen) atoms. The SMILES string of the molecule is CC(C)CONC(=O)C1CCCCN1S(C)(=O)=O. The van der Waals surface area contributed by atoms with Crippen LogP contribution in [0.4, 0.5) is 0 Å². The molecule has 0 radical (unpaired) electrons. The summed E-state index contributed by atoms with van der Waals surface area (Å²) >= 11 is 0. The van der Waals surface area contributed by atoms with E-state index in [1.807, 2.05) is 13.8 Å². The van der Waals surface area contributed by atoms with Gasteiger partial charge in [0.1, 0.15) is 6.04 Å². The molecule has 1 aliphatic heterocycles. The average Bonchev–Trinajstić information content (AvgIpc) is 2.27. The lowest BCUT2D eigenvalue weighted by Gasteiger charge is -2.32. The van der Waals surface area contributed by atoms with Gasteiger partial charge in [-0.2, -0.15) is 4.31 Å². The molecule has 6 nitrogen and oxygen atoms in total. The molecule has 0 aromatic carbocycles. The largest absolute Gasteiger partial charge is 0.273 e. The number of rotatable bonds is 5. The van der Waals surface area contributed by atoms with Crippen LogP contribution in [0.15, 0.2) is 0 Å². The minimum atomic E-state index is -3.34. The molecule has 0 aromatic heterocycles. The fraction of sp³-hybridized carbons (Fsp3) is 0.909. The third kappa shape index (κ3) is 4.55. The minimum Gasteiger partial charge on any atom is -0.273 e. The van der Waals surface area contributed by atoms with Gasteiger partial charge in [-0.3, -0.25) is 9.63 Å². The Morgan fingerprint density at radius 1 is 1.44 bits per heavy atom. The molecule has 1 atom stereocenters. The van der Waals surface area contributed by atoms with Crippen molar-refractivity contribution in [3.05, 3.63) is 0 Å². The van der Waals surface area contributed by atoms with Gasteiger partial charge in [0.25, 0.3) is 5.91 Å². The summed E-state index contributed by atoms with van der Waals surface area (Å²) in [4.78, 5) is 16.9. The molecule has 1 aliphatic rings. The molecule has 0 aromatic rings. The highest BCUT2D eigenvalue weighted by atomic mass is 32.2. The molecular weight excluding hydrogens is 256 g/mol. The Bertz CT molecular complexity index is 381. The normalized spacial score (nSPS) is 22.1. The van der Waals surface area contributed by atoms with Crippen LogP contribution in [-0.4, -0.2) is 44.1 Å². The Kier molecular flexibility index (Phi) is 5.55. The van der Waals surface area contributed by atoms with Crippen LogP contribution >= 0.6 is 0 Å². The quantitative estimate of drug-likeness (QED) is 0.743. The standard InChI is InChI=1S/C11H22N2O4S/c1-9(2)8-17-12-11(14)10-6-4-5-7-13(10)18(3,15)16/h9-10H,4-8H2,1-3H3,(H,12,14). The van der Waals surface area contributed by atoms with E-state index in [0.717, 1.165) is 19.1 Å². The van der Waals surface area contributed by atoms with E-state index in [1.165, 1.54) is 4.31 Å². The van der Waals surface area contributed by atoms with E-state index in [2.05, 4.69) is 5.48 Å². The van der Waals surface area contributed by atoms with Gasteiger partial charge in [0.2, 0.25) is 10.0 Å². The first-order chi connectivity index (χ1) is 8.32. The fourth-order valence-corrected chi connectivity index (χ4v) is 3.04. The summed E-state index contributed by atoms with van der Waals surface area (Å²) in [7, 11) is -3.34. The van der Waals surface area contributed by atoms with Crippen LogP contribution in [0.5, 0.6) is 0 Å². The number of carbonyl (C=O) groups excluding carboxylic acids is 1. The second-order valence-electron chi connectivity index (χ2n) is 5.06. The molecule has 1 heterocycles. The van der Waals surface area contributed by atoms with Gasteiger partial charge in [-0.1, -0.05) is 20.3 Å². The average molecular weight is 278 g/mol. The molecule has 1 N–H and O–H groups in total. The Balaban J connectivity index is 2.58. The molecule has 0 spiro atoms. The van der Waals surface area contributed by atoms with E-state index in [1.54, 1.807) is 0 Å². The van der Waals surface area contributed by atoms with Crippen LogP contribution < -0.4 is 5.48 Å². The summed E-state index contributed by atoms with van der Waals surface area (Å²) in [6, 6.07) is -0.638. The van der Waals surface area contributed by atoms with Crippen LogP contribution in [0.25, 0.3) is 0 Å². The topological polar surface area (TPSA) is 75.7 Å². The number of piperidine rings is 1. The first-order valence-corrected chi connectivity index (χ1v) is 8.05. The zero-order chi connectivity index (χ0) is 13.8. The maximum absolute atomic E-state index is 11.9. The van der Waals surface area contributed by atoms with Crippen molar-refractivity contribution in [1.82, 2.24) is 9.79 Å². The van der Waals surface area contributed by atoms with Crippen molar-refractivity contribution in [3.63, 3.8) is 0 Å². The number of hydrogen-bond donors (Lipinski definition) is 1. The van der Waals surface area contributed by atoms with Gasteiger partial charge < -0.3 is 0 Å². The lowest BCUT2D eigenvalue weighted by Crippen LogP contribution is -2.51. The van der Waals surface area contributed by atoms with Crippen LogP contribution in [0.3, 0.4) is 0 Å². The second kappa shape index (κ2) is 6.49. The number of amides is 1. The maximum Gasteiger partial charge on any atom is 0.261 e. The van der Waals surface area contributed by atoms with Crippen LogP contribution in [0, 0.1) is 5.92 Å². The van der Waals surface area contributed by atoms with Gasteiger partial charge in [0, 0.05) is 6.54 Å². The van der Waals surface area contributed by atoms with Gasteiger partial charge in [-0.15, -0.1) is 0 Å². The summed E-state index contributed by atoms with van der Waals surface area (Å²) in [5, 5.41) is 0. The predicted octanol–water partition coefficient (Wildman–Crippen LogP) is 0.504. The van der Waals surface area contributed by atoms with E-state index >= 15 is 0 Å². The zero-order valence-corrected chi connectivity index (χ0v) is 12.0. The highest BCUT2D eigenvalue weighted by Gasteiger charge is 2.34. The van der Waals surface area contributed by atoms with Crippen molar-refractivity contribution >= 4 is 15.9 Å². The lowest BCUT2D eigenvalue weighted by molar-refractivity contribution is -0.139.